The van der Waals surface area contributed by atoms with E-state index in [1.54, 1.807) is 11.8 Å². The van der Waals surface area contributed by atoms with Gasteiger partial charge in [0.1, 0.15) is 0 Å². The molecule has 0 bridgehead atoms. The van der Waals surface area contributed by atoms with Crippen molar-refractivity contribution in [3.63, 3.8) is 0 Å². The van der Waals surface area contributed by atoms with Gasteiger partial charge < -0.3 is 9.88 Å². The highest BCUT2D eigenvalue weighted by Gasteiger charge is 2.18. The number of nitrogens with zero attached hydrogens (tertiary/aromatic N) is 2. The highest BCUT2D eigenvalue weighted by atomic mass is 35.5. The molecule has 0 aliphatic carbocycles. The summed E-state index contributed by atoms with van der Waals surface area (Å²) < 4.78 is 0. The Balaban J connectivity index is 1.20. The van der Waals surface area contributed by atoms with Gasteiger partial charge in [0.05, 0.1) is 10.0 Å². The van der Waals surface area contributed by atoms with E-state index in [1.807, 2.05) is 24.4 Å². The molecule has 2 aromatic carbocycles. The molecule has 1 aliphatic heterocycles. The molecule has 1 saturated heterocycles. The van der Waals surface area contributed by atoms with Crippen LogP contribution < -0.4 is 4.90 Å². The van der Waals surface area contributed by atoms with Crippen molar-refractivity contribution in [3.05, 3.63) is 58.7 Å². The number of aromatic amines is 1. The van der Waals surface area contributed by atoms with Gasteiger partial charge in [-0.25, -0.2) is 0 Å². The molecule has 28 heavy (non-hydrogen) atoms. The first-order chi connectivity index (χ1) is 13.7. The van der Waals surface area contributed by atoms with E-state index in [1.165, 1.54) is 36.0 Å². The molecule has 0 saturated carbocycles. The smallest absolute Gasteiger partial charge is 0.0556 e. The summed E-state index contributed by atoms with van der Waals surface area (Å²) in [4.78, 5) is 9.42. The second kappa shape index (κ2) is 9.45. The molecule has 1 aliphatic rings. The lowest BCUT2D eigenvalue weighted by Gasteiger charge is -2.36. The molecule has 1 N–H and O–H groups in total. The monoisotopic (exact) mass is 433 g/mol. The summed E-state index contributed by atoms with van der Waals surface area (Å²) in [5.41, 5.74) is 2.57. The van der Waals surface area contributed by atoms with Crippen LogP contribution in [0.15, 0.2) is 53.6 Å². The summed E-state index contributed by atoms with van der Waals surface area (Å²) in [5, 5.41) is 2.84. The van der Waals surface area contributed by atoms with Crippen molar-refractivity contribution in [2.24, 2.45) is 0 Å². The minimum atomic E-state index is 0.756. The fraction of sp³-hybridized carbons (Fsp3) is 0.364. The summed E-state index contributed by atoms with van der Waals surface area (Å²) >= 11 is 14.2. The quantitative estimate of drug-likeness (QED) is 0.355. The number of piperazine rings is 1. The van der Waals surface area contributed by atoms with Crippen molar-refractivity contribution in [3.8, 4) is 0 Å². The number of anilines is 1. The van der Waals surface area contributed by atoms with E-state index in [2.05, 4.69) is 39.0 Å². The van der Waals surface area contributed by atoms with Gasteiger partial charge in [0.25, 0.3) is 0 Å². The van der Waals surface area contributed by atoms with Crippen LogP contribution in [0.25, 0.3) is 10.9 Å². The Morgan fingerprint density at radius 1 is 0.893 bits per heavy atom. The number of unbranched alkanes of at least 4 members (excludes halogenated alkanes) is 1. The Hall–Kier alpha value is -1.33. The number of fused-ring (bicyclic) bond motifs is 1. The van der Waals surface area contributed by atoms with Crippen LogP contribution in [0.4, 0.5) is 5.69 Å². The molecular formula is C22H25Cl2N3S. The third kappa shape index (κ3) is 4.62. The SMILES string of the molecule is Clc1cccc(Cl)c1SCCCCN1CCN(c2cccc3[nH]ccc23)CC1. The Labute approximate surface area is 181 Å². The van der Waals surface area contributed by atoms with E-state index in [0.29, 0.717) is 0 Å². The van der Waals surface area contributed by atoms with Crippen molar-refractivity contribution < 1.29 is 0 Å². The zero-order valence-corrected chi connectivity index (χ0v) is 18.2. The van der Waals surface area contributed by atoms with E-state index >= 15 is 0 Å². The Bertz CT molecular complexity index is 899. The van der Waals surface area contributed by atoms with E-state index in [4.69, 9.17) is 23.2 Å². The number of rotatable bonds is 7. The molecule has 148 valence electrons. The van der Waals surface area contributed by atoms with Gasteiger partial charge in [-0.15, -0.1) is 11.8 Å². The summed E-state index contributed by atoms with van der Waals surface area (Å²) in [6, 6.07) is 14.4. The third-order valence-corrected chi connectivity index (χ3v) is 7.39. The summed E-state index contributed by atoms with van der Waals surface area (Å²) in [6.45, 7) is 5.61. The van der Waals surface area contributed by atoms with Crippen molar-refractivity contribution in [1.82, 2.24) is 9.88 Å². The molecule has 0 atom stereocenters. The molecule has 1 aromatic heterocycles. The molecule has 0 unspecified atom stereocenters. The van der Waals surface area contributed by atoms with Gasteiger partial charge in [0.15, 0.2) is 0 Å². The molecule has 0 spiro atoms. The van der Waals surface area contributed by atoms with Crippen LogP contribution >= 0.6 is 35.0 Å². The standard InChI is InChI=1S/C22H25Cl2N3S/c23-18-5-3-6-19(24)22(18)28-16-2-1-11-26-12-14-27(15-13-26)21-8-4-7-20-17(21)9-10-25-20/h3-10,25H,1-2,11-16H2. The molecule has 3 nitrogen and oxygen atoms in total. The van der Waals surface area contributed by atoms with Crippen molar-refractivity contribution >= 4 is 51.6 Å². The van der Waals surface area contributed by atoms with Gasteiger partial charge in [0.2, 0.25) is 0 Å². The van der Waals surface area contributed by atoms with Gasteiger partial charge in [-0.3, -0.25) is 4.90 Å². The minimum absolute atomic E-state index is 0.756. The molecule has 3 aromatic rings. The van der Waals surface area contributed by atoms with Crippen molar-refractivity contribution in [2.45, 2.75) is 17.7 Å². The molecule has 0 radical (unpaired) electrons. The number of hydrogen-bond donors (Lipinski definition) is 1. The molecule has 2 heterocycles. The highest BCUT2D eigenvalue weighted by Crippen LogP contribution is 2.34. The average Bonchev–Trinajstić information content (AvgIpc) is 3.19. The fourth-order valence-electron chi connectivity index (χ4n) is 3.79. The Morgan fingerprint density at radius 2 is 1.64 bits per heavy atom. The summed E-state index contributed by atoms with van der Waals surface area (Å²) in [6.07, 6.45) is 4.41. The summed E-state index contributed by atoms with van der Waals surface area (Å²) in [7, 11) is 0. The van der Waals surface area contributed by atoms with Crippen LogP contribution in [0.3, 0.4) is 0 Å². The van der Waals surface area contributed by atoms with Gasteiger partial charge in [-0.05, 0) is 55.5 Å². The van der Waals surface area contributed by atoms with Crippen LogP contribution in [0.5, 0.6) is 0 Å². The Morgan fingerprint density at radius 3 is 2.43 bits per heavy atom. The topological polar surface area (TPSA) is 22.3 Å². The normalized spacial score (nSPS) is 15.4. The van der Waals surface area contributed by atoms with E-state index < -0.39 is 0 Å². The molecule has 0 amide bonds. The lowest BCUT2D eigenvalue weighted by molar-refractivity contribution is 0.254. The maximum Gasteiger partial charge on any atom is 0.0556 e. The average molecular weight is 434 g/mol. The number of thioether (sulfide) groups is 1. The lowest BCUT2D eigenvalue weighted by Crippen LogP contribution is -2.46. The fourth-order valence-corrected chi connectivity index (χ4v) is 5.48. The maximum atomic E-state index is 6.24. The number of hydrogen-bond acceptors (Lipinski definition) is 3. The number of halogens is 2. The van der Waals surface area contributed by atoms with Crippen LogP contribution in [0, 0.1) is 0 Å². The van der Waals surface area contributed by atoms with Gasteiger partial charge in [0, 0.05) is 53.9 Å². The zero-order chi connectivity index (χ0) is 19.3. The maximum absolute atomic E-state index is 6.24. The number of aromatic nitrogens is 1. The van der Waals surface area contributed by atoms with Crippen LogP contribution in [0.2, 0.25) is 10.0 Å². The Kier molecular flexibility index (Phi) is 6.73. The van der Waals surface area contributed by atoms with Crippen molar-refractivity contribution in [1.29, 1.82) is 0 Å². The molecular weight excluding hydrogens is 409 g/mol. The highest BCUT2D eigenvalue weighted by molar-refractivity contribution is 7.99. The number of nitrogens with one attached hydrogen (secondary N) is 1. The lowest BCUT2D eigenvalue weighted by atomic mass is 10.1. The zero-order valence-electron chi connectivity index (χ0n) is 15.8. The van der Waals surface area contributed by atoms with Crippen molar-refractivity contribution in [2.75, 3.05) is 43.4 Å². The third-order valence-electron chi connectivity index (χ3n) is 5.32. The largest absolute Gasteiger partial charge is 0.368 e. The predicted molar refractivity (Wildman–Crippen MR) is 123 cm³/mol. The molecule has 4 rings (SSSR count). The number of benzene rings is 2. The van der Waals surface area contributed by atoms with E-state index in [0.717, 1.165) is 46.9 Å². The first-order valence-corrected chi connectivity index (χ1v) is 11.6. The predicted octanol–water partition coefficient (Wildman–Crippen LogP) is 6.17. The number of H-pyrrole nitrogens is 1. The second-order valence-corrected chi connectivity index (χ2v) is 9.07. The van der Waals surface area contributed by atoms with Crippen LogP contribution in [-0.2, 0) is 0 Å². The van der Waals surface area contributed by atoms with Crippen LogP contribution in [-0.4, -0.2) is 48.4 Å². The molecule has 6 heteroatoms. The van der Waals surface area contributed by atoms with Gasteiger partial charge in [-0.1, -0.05) is 35.3 Å². The summed E-state index contributed by atoms with van der Waals surface area (Å²) in [5.74, 6) is 1.05. The first kappa shape index (κ1) is 20.0. The van der Waals surface area contributed by atoms with Crippen LogP contribution in [0.1, 0.15) is 12.8 Å². The minimum Gasteiger partial charge on any atom is -0.368 e. The molecule has 1 fully saturated rings. The van der Waals surface area contributed by atoms with Gasteiger partial charge >= 0.3 is 0 Å². The van der Waals surface area contributed by atoms with E-state index in [9.17, 15) is 0 Å². The van der Waals surface area contributed by atoms with E-state index in [-0.39, 0.29) is 0 Å². The second-order valence-electron chi connectivity index (χ2n) is 7.15. The first-order valence-electron chi connectivity index (χ1n) is 9.82. The van der Waals surface area contributed by atoms with Gasteiger partial charge in [-0.2, -0.15) is 0 Å².